The first-order valence-corrected chi connectivity index (χ1v) is 13.8. The summed E-state index contributed by atoms with van der Waals surface area (Å²) in [6.07, 6.45) is 10.3. The Morgan fingerprint density at radius 3 is 2.00 bits per heavy atom. The lowest BCUT2D eigenvalue weighted by molar-refractivity contribution is 0.188. The van der Waals surface area contributed by atoms with Gasteiger partial charge in [0, 0.05) is 32.4 Å². The van der Waals surface area contributed by atoms with Crippen molar-refractivity contribution in [2.75, 3.05) is 26.2 Å². The van der Waals surface area contributed by atoms with Crippen LogP contribution >= 0.6 is 0 Å². The van der Waals surface area contributed by atoms with Crippen molar-refractivity contribution in [3.8, 4) is 0 Å². The molecule has 3 heteroatoms. The molecular weight excluding hydrogens is 438 g/mol. The van der Waals surface area contributed by atoms with E-state index in [0.717, 1.165) is 38.3 Å². The summed E-state index contributed by atoms with van der Waals surface area (Å²) >= 11 is 0. The molecular formula is C33H42N3. The molecule has 0 saturated heterocycles. The van der Waals surface area contributed by atoms with E-state index in [-0.39, 0.29) is 0 Å². The quantitative estimate of drug-likeness (QED) is 0.218. The first kappa shape index (κ1) is 26.3. The highest BCUT2D eigenvalue weighted by Gasteiger charge is 2.27. The average Bonchev–Trinajstić information content (AvgIpc) is 3.68. The van der Waals surface area contributed by atoms with Gasteiger partial charge in [0.05, 0.1) is 11.6 Å². The lowest BCUT2D eigenvalue weighted by Crippen LogP contribution is -2.36. The van der Waals surface area contributed by atoms with E-state index in [1.807, 2.05) is 12.3 Å². The number of rotatable bonds is 16. The summed E-state index contributed by atoms with van der Waals surface area (Å²) in [5, 5.41) is 0. The lowest BCUT2D eigenvalue weighted by Gasteiger charge is -2.28. The highest BCUT2D eigenvalue weighted by Crippen LogP contribution is 2.40. The maximum atomic E-state index is 4.61. The number of pyridine rings is 1. The molecule has 0 bridgehead atoms. The summed E-state index contributed by atoms with van der Waals surface area (Å²) in [5.74, 6) is 1.42. The first-order chi connectivity index (χ1) is 17.7. The van der Waals surface area contributed by atoms with Crippen LogP contribution in [0.4, 0.5) is 0 Å². The minimum absolute atomic E-state index is 0.887. The molecule has 0 unspecified atom stereocenters. The van der Waals surface area contributed by atoms with Crippen molar-refractivity contribution in [2.24, 2.45) is 0 Å². The number of nitrogens with zero attached hydrogens (tertiary/aromatic N) is 3. The number of allylic oxidation sites excluding steroid dienone is 2. The van der Waals surface area contributed by atoms with E-state index in [2.05, 4.69) is 101 Å². The molecule has 1 aliphatic rings. The standard InChI is InChI=1S/C33H42N3/c1-3-5-20-35(21-6-4-2)22-23-36(27-32-14-10-11-19-34-32)26-29-15-17-30(18-16-29)33-25-31(33)24-28-12-8-7-9-13-28/h7-19,25H,3-6,20-24,26-27H2,1-2H3. The number of benzene rings is 2. The molecule has 1 heterocycles. The van der Waals surface area contributed by atoms with Gasteiger partial charge in [0.1, 0.15) is 0 Å². The van der Waals surface area contributed by atoms with Crippen LogP contribution in [0.3, 0.4) is 0 Å². The van der Waals surface area contributed by atoms with Crippen LogP contribution < -0.4 is 0 Å². The topological polar surface area (TPSA) is 19.4 Å². The van der Waals surface area contributed by atoms with Gasteiger partial charge in [-0.05, 0) is 61.2 Å². The third-order valence-corrected chi connectivity index (χ3v) is 6.99. The molecule has 0 aliphatic heterocycles. The van der Waals surface area contributed by atoms with Crippen molar-refractivity contribution < 1.29 is 0 Å². The third-order valence-electron chi connectivity index (χ3n) is 6.99. The van der Waals surface area contributed by atoms with Crippen molar-refractivity contribution >= 4 is 0 Å². The van der Waals surface area contributed by atoms with E-state index in [9.17, 15) is 0 Å². The number of hydrogen-bond donors (Lipinski definition) is 0. The van der Waals surface area contributed by atoms with Gasteiger partial charge in [-0.25, -0.2) is 0 Å². The fourth-order valence-corrected chi connectivity index (χ4v) is 4.73. The largest absolute Gasteiger partial charge is 0.302 e. The molecule has 0 saturated carbocycles. The molecule has 1 aromatic heterocycles. The predicted molar refractivity (Wildman–Crippen MR) is 152 cm³/mol. The summed E-state index contributed by atoms with van der Waals surface area (Å²) in [4.78, 5) is 9.83. The van der Waals surface area contributed by atoms with E-state index in [4.69, 9.17) is 0 Å². The van der Waals surface area contributed by atoms with Gasteiger partial charge in [0.15, 0.2) is 0 Å². The molecule has 1 radical (unpaired) electrons. The van der Waals surface area contributed by atoms with E-state index in [1.54, 1.807) is 0 Å². The Balaban J connectivity index is 1.35. The van der Waals surface area contributed by atoms with Gasteiger partial charge in [0.25, 0.3) is 0 Å². The molecule has 0 fully saturated rings. The zero-order valence-electron chi connectivity index (χ0n) is 22.2. The fraction of sp³-hybridized carbons (Fsp3) is 0.394. The van der Waals surface area contributed by atoms with Gasteiger partial charge in [-0.3, -0.25) is 9.88 Å². The SMILES string of the molecule is CCCCN(CCCC)CCN(Cc1ccc([C]2C=C2Cc2ccccc2)cc1)Cc1ccccn1. The van der Waals surface area contributed by atoms with Crippen molar-refractivity contribution in [1.82, 2.24) is 14.8 Å². The summed E-state index contributed by atoms with van der Waals surface area (Å²) in [6.45, 7) is 11.0. The van der Waals surface area contributed by atoms with E-state index < -0.39 is 0 Å². The monoisotopic (exact) mass is 480 g/mol. The average molecular weight is 481 g/mol. The zero-order chi connectivity index (χ0) is 25.0. The number of hydrogen-bond acceptors (Lipinski definition) is 3. The molecule has 36 heavy (non-hydrogen) atoms. The van der Waals surface area contributed by atoms with Crippen LogP contribution in [0.2, 0.25) is 0 Å². The number of aromatic nitrogens is 1. The molecule has 1 aliphatic carbocycles. The summed E-state index contributed by atoms with van der Waals surface area (Å²) in [6, 6.07) is 26.2. The Kier molecular flexibility index (Phi) is 10.3. The van der Waals surface area contributed by atoms with E-state index in [1.165, 1.54) is 67.0 Å². The Hall–Kier alpha value is -2.75. The molecule has 189 valence electrons. The van der Waals surface area contributed by atoms with Crippen LogP contribution in [-0.2, 0) is 19.5 Å². The van der Waals surface area contributed by atoms with Crippen LogP contribution in [0.25, 0.3) is 0 Å². The van der Waals surface area contributed by atoms with Gasteiger partial charge < -0.3 is 4.90 Å². The highest BCUT2D eigenvalue weighted by molar-refractivity contribution is 5.64. The zero-order valence-corrected chi connectivity index (χ0v) is 22.2. The van der Waals surface area contributed by atoms with Crippen LogP contribution in [-0.4, -0.2) is 41.0 Å². The van der Waals surface area contributed by atoms with Gasteiger partial charge >= 0.3 is 0 Å². The molecule has 0 atom stereocenters. The van der Waals surface area contributed by atoms with Gasteiger partial charge in [-0.2, -0.15) is 0 Å². The minimum atomic E-state index is 0.887. The summed E-state index contributed by atoms with van der Waals surface area (Å²) in [5.41, 5.74) is 6.70. The summed E-state index contributed by atoms with van der Waals surface area (Å²) in [7, 11) is 0. The minimum Gasteiger partial charge on any atom is -0.302 e. The van der Waals surface area contributed by atoms with Crippen LogP contribution in [0.5, 0.6) is 0 Å². The van der Waals surface area contributed by atoms with Crippen molar-refractivity contribution in [3.05, 3.63) is 119 Å². The Bertz CT molecular complexity index is 1040. The second-order valence-electron chi connectivity index (χ2n) is 10.0. The highest BCUT2D eigenvalue weighted by atomic mass is 15.2. The van der Waals surface area contributed by atoms with Crippen LogP contribution in [0, 0.1) is 5.92 Å². The van der Waals surface area contributed by atoms with Crippen LogP contribution in [0.15, 0.2) is 90.6 Å². The summed E-state index contributed by atoms with van der Waals surface area (Å²) < 4.78 is 0. The van der Waals surface area contributed by atoms with Gasteiger partial charge in [0.2, 0.25) is 0 Å². The molecule has 3 nitrogen and oxygen atoms in total. The van der Waals surface area contributed by atoms with Gasteiger partial charge in [-0.15, -0.1) is 0 Å². The Morgan fingerprint density at radius 2 is 1.33 bits per heavy atom. The molecule has 2 aromatic carbocycles. The van der Waals surface area contributed by atoms with E-state index in [0.29, 0.717) is 0 Å². The first-order valence-electron chi connectivity index (χ1n) is 13.8. The second-order valence-corrected chi connectivity index (χ2v) is 10.0. The van der Waals surface area contributed by atoms with Crippen LogP contribution in [0.1, 0.15) is 61.9 Å². The maximum absolute atomic E-state index is 4.61. The fourth-order valence-electron chi connectivity index (χ4n) is 4.73. The molecule has 0 amide bonds. The Morgan fingerprint density at radius 1 is 0.639 bits per heavy atom. The Labute approximate surface area is 218 Å². The predicted octanol–water partition coefficient (Wildman–Crippen LogP) is 7.09. The van der Waals surface area contributed by atoms with Crippen molar-refractivity contribution in [1.29, 1.82) is 0 Å². The van der Waals surface area contributed by atoms with Crippen molar-refractivity contribution in [2.45, 2.75) is 59.0 Å². The smallest absolute Gasteiger partial charge is 0.0544 e. The number of unbranched alkanes of at least 4 members (excludes halogenated alkanes) is 2. The third kappa shape index (κ3) is 8.43. The molecule has 0 spiro atoms. The van der Waals surface area contributed by atoms with Gasteiger partial charge in [-0.1, -0.05) is 99.0 Å². The second kappa shape index (κ2) is 14.1. The normalized spacial score (nSPS) is 13.4. The molecule has 3 aromatic rings. The molecule has 4 rings (SSSR count). The maximum Gasteiger partial charge on any atom is 0.0544 e. The van der Waals surface area contributed by atoms with Crippen molar-refractivity contribution in [3.63, 3.8) is 0 Å². The molecule has 0 N–H and O–H groups in total. The van der Waals surface area contributed by atoms with E-state index >= 15 is 0 Å². The lowest BCUT2D eigenvalue weighted by atomic mass is 10.0.